The van der Waals surface area contributed by atoms with Gasteiger partial charge >= 0.3 is 0 Å². The maximum absolute atomic E-state index is 13.2. The summed E-state index contributed by atoms with van der Waals surface area (Å²) in [6, 6.07) is 14.0. The van der Waals surface area contributed by atoms with Crippen molar-refractivity contribution in [3.05, 3.63) is 71.1 Å². The third kappa shape index (κ3) is 5.01. The molecule has 0 spiro atoms. The molecule has 1 aromatic heterocycles. The fraction of sp³-hybridized carbons (Fsp3) is 0.0526. The molecular formula is C19H15ClFN5O2. The summed E-state index contributed by atoms with van der Waals surface area (Å²) >= 11 is 5.69. The molecule has 0 saturated heterocycles. The van der Waals surface area contributed by atoms with Gasteiger partial charge < -0.3 is 16.0 Å². The molecule has 0 unspecified atom stereocenters. The first-order chi connectivity index (χ1) is 13.4. The lowest BCUT2D eigenvalue weighted by atomic mass is 10.2. The Balaban J connectivity index is 1.66. The summed E-state index contributed by atoms with van der Waals surface area (Å²) in [4.78, 5) is 23.3. The fourth-order valence-electron chi connectivity index (χ4n) is 2.31. The van der Waals surface area contributed by atoms with Gasteiger partial charge in [0.1, 0.15) is 5.82 Å². The minimum Gasteiger partial charge on any atom is -0.339 e. The van der Waals surface area contributed by atoms with Crippen LogP contribution in [0.25, 0.3) is 0 Å². The molecule has 0 aliphatic carbocycles. The Bertz CT molecular complexity index is 1030. The largest absolute Gasteiger partial charge is 0.339 e. The van der Waals surface area contributed by atoms with E-state index < -0.39 is 11.7 Å². The molecule has 0 radical (unpaired) electrons. The Kier molecular flexibility index (Phi) is 5.81. The number of carbonyl (C=O) groups is 2. The first-order valence-corrected chi connectivity index (χ1v) is 8.53. The van der Waals surface area contributed by atoms with Crippen LogP contribution in [0.2, 0.25) is 5.02 Å². The molecule has 3 rings (SSSR count). The molecule has 9 heteroatoms. The van der Waals surface area contributed by atoms with E-state index in [-0.39, 0.29) is 16.6 Å². The number of aromatic nitrogens is 2. The van der Waals surface area contributed by atoms with E-state index in [2.05, 4.69) is 26.1 Å². The second kappa shape index (κ2) is 8.45. The van der Waals surface area contributed by atoms with Gasteiger partial charge in [0.25, 0.3) is 5.91 Å². The van der Waals surface area contributed by atoms with Crippen molar-refractivity contribution in [1.29, 1.82) is 0 Å². The number of rotatable bonds is 5. The Hall–Kier alpha value is -3.52. The van der Waals surface area contributed by atoms with E-state index in [4.69, 9.17) is 11.6 Å². The number of nitrogens with one attached hydrogen (secondary N) is 3. The zero-order valence-corrected chi connectivity index (χ0v) is 15.4. The van der Waals surface area contributed by atoms with Crippen LogP contribution in [0.4, 0.5) is 27.3 Å². The van der Waals surface area contributed by atoms with Crippen LogP contribution in [0, 0.1) is 5.82 Å². The number of benzene rings is 2. The molecule has 0 saturated carbocycles. The molecule has 1 heterocycles. The van der Waals surface area contributed by atoms with Gasteiger partial charge in [-0.25, -0.2) is 4.39 Å². The number of anilines is 4. The highest BCUT2D eigenvalue weighted by Crippen LogP contribution is 2.21. The summed E-state index contributed by atoms with van der Waals surface area (Å²) in [5.41, 5.74) is 1.76. The monoisotopic (exact) mass is 399 g/mol. The summed E-state index contributed by atoms with van der Waals surface area (Å²) < 4.78 is 13.2. The van der Waals surface area contributed by atoms with E-state index in [1.54, 1.807) is 30.3 Å². The Labute approximate surface area is 164 Å². The topological polar surface area (TPSA) is 96.0 Å². The molecular weight excluding hydrogens is 385 g/mol. The zero-order valence-electron chi connectivity index (χ0n) is 14.7. The molecule has 3 aromatic rings. The lowest BCUT2D eigenvalue weighted by Gasteiger charge is -2.08. The van der Waals surface area contributed by atoms with E-state index in [0.29, 0.717) is 22.9 Å². The fourth-order valence-corrected chi connectivity index (χ4v) is 2.50. The number of hydrogen-bond acceptors (Lipinski definition) is 5. The highest BCUT2D eigenvalue weighted by molar-refractivity contribution is 6.31. The number of halogens is 2. The van der Waals surface area contributed by atoms with E-state index >= 15 is 0 Å². The molecule has 0 aliphatic heterocycles. The van der Waals surface area contributed by atoms with Crippen LogP contribution >= 0.6 is 11.6 Å². The third-order valence-electron chi connectivity index (χ3n) is 3.53. The lowest BCUT2D eigenvalue weighted by molar-refractivity contribution is -0.114. The van der Waals surface area contributed by atoms with Crippen LogP contribution in [-0.4, -0.2) is 22.0 Å². The predicted molar refractivity (Wildman–Crippen MR) is 105 cm³/mol. The highest BCUT2D eigenvalue weighted by Gasteiger charge is 2.10. The van der Waals surface area contributed by atoms with Crippen molar-refractivity contribution in [1.82, 2.24) is 10.2 Å². The van der Waals surface area contributed by atoms with Crippen LogP contribution < -0.4 is 16.0 Å². The smallest absolute Gasteiger partial charge is 0.276 e. The minimum absolute atomic E-state index is 0.0815. The maximum atomic E-state index is 13.2. The average Bonchev–Trinajstić information content (AvgIpc) is 2.65. The molecule has 3 N–H and O–H groups in total. The predicted octanol–water partition coefficient (Wildman–Crippen LogP) is 4.22. The van der Waals surface area contributed by atoms with Crippen LogP contribution in [-0.2, 0) is 4.79 Å². The zero-order chi connectivity index (χ0) is 20.1. The molecule has 0 atom stereocenters. The quantitative estimate of drug-likeness (QED) is 0.596. The van der Waals surface area contributed by atoms with Gasteiger partial charge in [-0.05, 0) is 48.5 Å². The van der Waals surface area contributed by atoms with Crippen molar-refractivity contribution in [2.45, 2.75) is 6.92 Å². The van der Waals surface area contributed by atoms with Crippen molar-refractivity contribution in [3.63, 3.8) is 0 Å². The second-order valence-corrected chi connectivity index (χ2v) is 6.18. The highest BCUT2D eigenvalue weighted by atomic mass is 35.5. The van der Waals surface area contributed by atoms with Gasteiger partial charge in [0, 0.05) is 24.0 Å². The van der Waals surface area contributed by atoms with Gasteiger partial charge in [0.2, 0.25) is 5.91 Å². The van der Waals surface area contributed by atoms with Crippen molar-refractivity contribution in [2.75, 3.05) is 16.0 Å². The van der Waals surface area contributed by atoms with E-state index in [9.17, 15) is 14.0 Å². The summed E-state index contributed by atoms with van der Waals surface area (Å²) in [7, 11) is 0. The summed E-state index contributed by atoms with van der Waals surface area (Å²) in [5, 5.41) is 16.0. The van der Waals surface area contributed by atoms with E-state index in [1.807, 2.05) is 0 Å². The lowest BCUT2D eigenvalue weighted by Crippen LogP contribution is -2.14. The molecule has 2 amide bonds. The molecule has 0 aliphatic rings. The molecule has 2 aromatic carbocycles. The van der Waals surface area contributed by atoms with Crippen LogP contribution in [0.5, 0.6) is 0 Å². The van der Waals surface area contributed by atoms with Gasteiger partial charge in [-0.2, -0.15) is 0 Å². The molecule has 0 bridgehead atoms. The van der Waals surface area contributed by atoms with Gasteiger partial charge in [0.05, 0.1) is 5.02 Å². The van der Waals surface area contributed by atoms with Gasteiger partial charge in [0.15, 0.2) is 11.5 Å². The molecule has 0 fully saturated rings. The van der Waals surface area contributed by atoms with Gasteiger partial charge in [-0.3, -0.25) is 9.59 Å². The normalized spacial score (nSPS) is 10.2. The van der Waals surface area contributed by atoms with E-state index in [1.165, 1.54) is 25.1 Å². The summed E-state index contributed by atoms with van der Waals surface area (Å²) in [5.74, 6) is -0.831. The SMILES string of the molecule is CC(=O)Nc1cccc(Nc2ccc(C(=O)Nc3ccc(F)c(Cl)c3)nn2)c1. The second-order valence-electron chi connectivity index (χ2n) is 5.77. The summed E-state index contributed by atoms with van der Waals surface area (Å²) in [6.45, 7) is 1.43. The first-order valence-electron chi connectivity index (χ1n) is 8.15. The average molecular weight is 400 g/mol. The van der Waals surface area contributed by atoms with Gasteiger partial charge in [-0.15, -0.1) is 10.2 Å². The molecule has 7 nitrogen and oxygen atoms in total. The number of amides is 2. The van der Waals surface area contributed by atoms with Crippen LogP contribution in [0.15, 0.2) is 54.6 Å². The van der Waals surface area contributed by atoms with E-state index in [0.717, 1.165) is 6.07 Å². The Morgan fingerprint density at radius 3 is 2.36 bits per heavy atom. The van der Waals surface area contributed by atoms with Crippen molar-refractivity contribution >= 4 is 46.3 Å². The van der Waals surface area contributed by atoms with Gasteiger partial charge in [-0.1, -0.05) is 17.7 Å². The molecule has 142 valence electrons. The van der Waals surface area contributed by atoms with Crippen LogP contribution in [0.3, 0.4) is 0 Å². The minimum atomic E-state index is -0.572. The number of carbonyl (C=O) groups excluding carboxylic acids is 2. The van der Waals surface area contributed by atoms with Crippen LogP contribution in [0.1, 0.15) is 17.4 Å². The van der Waals surface area contributed by atoms with Crippen molar-refractivity contribution in [3.8, 4) is 0 Å². The standard InChI is InChI=1S/C19H15ClFN5O2/c1-11(27)22-12-3-2-4-13(9-12)23-18-8-7-17(25-26-18)19(28)24-14-5-6-16(21)15(20)10-14/h2-10H,1H3,(H,22,27)(H,23,26)(H,24,28). The molecule has 28 heavy (non-hydrogen) atoms. The maximum Gasteiger partial charge on any atom is 0.276 e. The first kappa shape index (κ1) is 19.2. The summed E-state index contributed by atoms with van der Waals surface area (Å²) in [6.07, 6.45) is 0. The number of hydrogen-bond donors (Lipinski definition) is 3. The van der Waals surface area contributed by atoms with Crippen molar-refractivity contribution < 1.29 is 14.0 Å². The van der Waals surface area contributed by atoms with Crippen molar-refractivity contribution in [2.24, 2.45) is 0 Å². The number of nitrogens with zero attached hydrogens (tertiary/aromatic N) is 2. The third-order valence-corrected chi connectivity index (χ3v) is 3.82. The Morgan fingerprint density at radius 2 is 1.68 bits per heavy atom. The Morgan fingerprint density at radius 1 is 0.929 bits per heavy atom.